The molecular weight excluding hydrogens is 514 g/mol. The highest BCUT2D eigenvalue weighted by Gasteiger charge is 2.28. The average Bonchev–Trinajstić information content (AvgIpc) is 3.07. The molecule has 1 aromatic heterocycles. The summed E-state index contributed by atoms with van der Waals surface area (Å²) in [5.74, 6) is -2.69. The van der Waals surface area contributed by atoms with Crippen molar-refractivity contribution in [3.05, 3.63) is 57.8 Å². The van der Waals surface area contributed by atoms with Crippen molar-refractivity contribution >= 4 is 43.3 Å². The molecule has 35 heavy (non-hydrogen) atoms. The molecule has 3 rings (SSSR count). The van der Waals surface area contributed by atoms with Crippen molar-refractivity contribution in [2.75, 3.05) is 0 Å². The smallest absolute Gasteiger partial charge is 0.358 e. The summed E-state index contributed by atoms with van der Waals surface area (Å²) in [7, 11) is -9.58. The van der Waals surface area contributed by atoms with E-state index in [1.807, 2.05) is 0 Å². The Balaban J connectivity index is 2.21. The number of nitro groups is 1. The van der Waals surface area contributed by atoms with Crippen LogP contribution in [0.5, 0.6) is 5.88 Å². The first-order valence-corrected chi connectivity index (χ1v) is 11.8. The van der Waals surface area contributed by atoms with Crippen molar-refractivity contribution in [2.24, 2.45) is 10.2 Å². The van der Waals surface area contributed by atoms with Gasteiger partial charge in [0.05, 0.1) is 15.5 Å². The minimum absolute atomic E-state index is 0.0820. The van der Waals surface area contributed by atoms with Gasteiger partial charge < -0.3 is 10.2 Å². The van der Waals surface area contributed by atoms with E-state index in [1.54, 1.807) is 0 Å². The zero-order chi connectivity index (χ0) is 26.3. The predicted octanol–water partition coefficient (Wildman–Crippen LogP) is 2.40. The van der Waals surface area contributed by atoms with Crippen LogP contribution in [0.25, 0.3) is 5.69 Å². The van der Waals surface area contributed by atoms with Crippen LogP contribution in [0, 0.1) is 17.0 Å². The molecule has 2 aromatic carbocycles. The molecule has 0 aliphatic heterocycles. The normalized spacial score (nSPS) is 12.2. The average molecular weight is 527 g/mol. The number of carboxylic acid groups (broad SMARTS) is 1. The van der Waals surface area contributed by atoms with Gasteiger partial charge in [0.25, 0.3) is 25.9 Å². The van der Waals surface area contributed by atoms with Crippen molar-refractivity contribution in [1.82, 2.24) is 9.78 Å². The molecule has 0 amide bonds. The number of carboxylic acids is 1. The van der Waals surface area contributed by atoms with Gasteiger partial charge in [-0.15, -0.1) is 10.2 Å². The van der Waals surface area contributed by atoms with Gasteiger partial charge in [-0.25, -0.2) is 4.79 Å². The number of aryl methyl sites for hydroxylation is 1. The summed E-state index contributed by atoms with van der Waals surface area (Å²) in [6.45, 7) is 1.31. The fraction of sp³-hybridized carbons (Fsp3) is 0.0588. The molecule has 16 nitrogen and oxygen atoms in total. The standard InChI is InChI=1S/C17H13N5O11S2/c1-8-6-11(22(26)27)13(12(7-8)35(31,32)33)18-19-14-15(17(24)25)20-21(16(14)23)9-2-4-10(5-3-9)34(28,29)30/h2-7,23H,1H3,(H,24,25)(H,28,29,30)(H,31,32,33). The molecule has 0 aliphatic carbocycles. The lowest BCUT2D eigenvalue weighted by Gasteiger charge is -2.05. The third-order valence-corrected chi connectivity index (χ3v) is 6.08. The lowest BCUT2D eigenvalue weighted by Crippen LogP contribution is -2.02. The van der Waals surface area contributed by atoms with Crippen molar-refractivity contribution in [1.29, 1.82) is 0 Å². The molecule has 0 aliphatic rings. The molecule has 0 saturated heterocycles. The predicted molar refractivity (Wildman–Crippen MR) is 114 cm³/mol. The van der Waals surface area contributed by atoms with Gasteiger partial charge in [-0.2, -0.15) is 26.6 Å². The van der Waals surface area contributed by atoms with Crippen LogP contribution in [0.1, 0.15) is 16.1 Å². The van der Waals surface area contributed by atoms with E-state index in [0.717, 1.165) is 36.4 Å². The molecule has 0 bridgehead atoms. The Hall–Kier alpha value is -4.26. The molecule has 18 heteroatoms. The maximum atomic E-state index is 11.7. The molecule has 0 saturated carbocycles. The summed E-state index contributed by atoms with van der Waals surface area (Å²) in [6.07, 6.45) is 0. The van der Waals surface area contributed by atoms with Gasteiger partial charge in [0.2, 0.25) is 11.6 Å². The fourth-order valence-electron chi connectivity index (χ4n) is 2.84. The van der Waals surface area contributed by atoms with Crippen LogP contribution >= 0.6 is 0 Å². The second-order valence-electron chi connectivity index (χ2n) is 6.77. The van der Waals surface area contributed by atoms with E-state index in [1.165, 1.54) is 6.92 Å². The maximum absolute atomic E-state index is 11.7. The van der Waals surface area contributed by atoms with Crippen molar-refractivity contribution in [3.63, 3.8) is 0 Å². The molecule has 1 heterocycles. The number of azo groups is 1. The van der Waals surface area contributed by atoms with Gasteiger partial charge in [-0.1, -0.05) is 0 Å². The number of benzene rings is 2. The largest absolute Gasteiger partial charge is 0.492 e. The second-order valence-corrected chi connectivity index (χ2v) is 9.58. The molecule has 184 valence electrons. The number of aromatic hydroxyl groups is 1. The molecular formula is C17H13N5O11S2. The zero-order valence-electron chi connectivity index (χ0n) is 17.2. The minimum atomic E-state index is -5.03. The second kappa shape index (κ2) is 8.83. The van der Waals surface area contributed by atoms with E-state index in [9.17, 15) is 46.5 Å². The summed E-state index contributed by atoms with van der Waals surface area (Å²) >= 11 is 0. The quantitative estimate of drug-likeness (QED) is 0.149. The van der Waals surface area contributed by atoms with Gasteiger partial charge in [-0.3, -0.25) is 19.2 Å². The Labute approximate surface area is 195 Å². The first kappa shape index (κ1) is 25.4. The first-order chi connectivity index (χ1) is 16.1. The van der Waals surface area contributed by atoms with Crippen LogP contribution in [0.4, 0.5) is 17.1 Å². The van der Waals surface area contributed by atoms with E-state index in [2.05, 4.69) is 15.3 Å². The highest BCUT2D eigenvalue weighted by Crippen LogP contribution is 2.39. The highest BCUT2D eigenvalue weighted by molar-refractivity contribution is 7.86. The summed E-state index contributed by atoms with van der Waals surface area (Å²) in [5.41, 5.74) is -3.58. The van der Waals surface area contributed by atoms with E-state index in [0.29, 0.717) is 4.68 Å². The van der Waals surface area contributed by atoms with E-state index in [-0.39, 0.29) is 11.3 Å². The van der Waals surface area contributed by atoms with Gasteiger partial charge in [0.15, 0.2) is 11.4 Å². The van der Waals surface area contributed by atoms with Crippen LogP contribution in [0.2, 0.25) is 0 Å². The van der Waals surface area contributed by atoms with E-state index in [4.69, 9.17) is 4.55 Å². The molecule has 0 unspecified atom stereocenters. The molecule has 0 radical (unpaired) electrons. The Kier molecular flexibility index (Phi) is 6.40. The van der Waals surface area contributed by atoms with Crippen LogP contribution in [-0.4, -0.2) is 56.8 Å². The summed E-state index contributed by atoms with van der Waals surface area (Å²) in [5, 5.41) is 41.8. The van der Waals surface area contributed by atoms with Crippen molar-refractivity contribution in [3.8, 4) is 11.6 Å². The van der Waals surface area contributed by atoms with Crippen LogP contribution in [0.3, 0.4) is 0 Å². The molecule has 0 atom stereocenters. The molecule has 0 spiro atoms. The van der Waals surface area contributed by atoms with Crippen LogP contribution in [0.15, 0.2) is 56.4 Å². The summed E-state index contributed by atoms with van der Waals surface area (Å²) in [4.78, 5) is 20.5. The third-order valence-electron chi connectivity index (χ3n) is 4.34. The Bertz CT molecular complexity index is 1610. The Morgan fingerprint density at radius 1 is 1.03 bits per heavy atom. The van der Waals surface area contributed by atoms with Gasteiger partial charge >= 0.3 is 5.97 Å². The topological polar surface area (TPSA) is 252 Å². The number of aromatic nitrogens is 2. The summed E-state index contributed by atoms with van der Waals surface area (Å²) < 4.78 is 64.9. The third kappa shape index (κ3) is 5.14. The van der Waals surface area contributed by atoms with Gasteiger partial charge in [0.1, 0.15) is 4.90 Å². The Morgan fingerprint density at radius 3 is 2.09 bits per heavy atom. The minimum Gasteiger partial charge on any atom is -0.492 e. The van der Waals surface area contributed by atoms with Crippen LogP contribution in [-0.2, 0) is 20.2 Å². The lowest BCUT2D eigenvalue weighted by molar-refractivity contribution is -0.384. The van der Waals surface area contributed by atoms with Gasteiger partial charge in [-0.05, 0) is 42.8 Å². The number of nitrogens with zero attached hydrogens (tertiary/aromatic N) is 5. The zero-order valence-corrected chi connectivity index (χ0v) is 18.8. The van der Waals surface area contributed by atoms with Crippen molar-refractivity contribution < 1.29 is 45.9 Å². The number of carbonyl (C=O) groups is 1. The number of nitro benzene ring substituents is 1. The fourth-order valence-corrected chi connectivity index (χ4v) is 4.04. The van der Waals surface area contributed by atoms with Crippen molar-refractivity contribution in [2.45, 2.75) is 16.7 Å². The highest BCUT2D eigenvalue weighted by atomic mass is 32.2. The van der Waals surface area contributed by atoms with E-state index < -0.39 is 69.6 Å². The monoisotopic (exact) mass is 527 g/mol. The Morgan fingerprint density at radius 2 is 1.60 bits per heavy atom. The number of aromatic carboxylic acids is 1. The lowest BCUT2D eigenvalue weighted by atomic mass is 10.2. The molecule has 4 N–H and O–H groups in total. The number of hydrogen-bond donors (Lipinski definition) is 4. The van der Waals surface area contributed by atoms with Gasteiger partial charge in [0, 0.05) is 6.07 Å². The number of rotatable bonds is 7. The SMILES string of the molecule is Cc1cc([N+](=O)[O-])c(N=Nc2c(C(=O)O)nn(-c3ccc(S(=O)(=O)O)cc3)c2O)c(S(=O)(=O)O)c1. The number of hydrogen-bond acceptors (Lipinski definition) is 11. The van der Waals surface area contributed by atoms with Crippen LogP contribution < -0.4 is 0 Å². The first-order valence-electron chi connectivity index (χ1n) is 8.92. The maximum Gasteiger partial charge on any atom is 0.358 e. The molecule has 3 aromatic rings. The van der Waals surface area contributed by atoms with E-state index >= 15 is 0 Å². The summed E-state index contributed by atoms with van der Waals surface area (Å²) in [6, 6.07) is 5.78. The molecule has 0 fully saturated rings.